The smallest absolute Gasteiger partial charge is 0.0842 e. The molecule has 0 saturated heterocycles. The maximum atomic E-state index is 5.10. The van der Waals surface area contributed by atoms with E-state index in [1.807, 2.05) is 13.8 Å². The van der Waals surface area contributed by atoms with Crippen molar-refractivity contribution in [2.45, 2.75) is 26.4 Å². The summed E-state index contributed by atoms with van der Waals surface area (Å²) < 4.78 is 5.10. The molecule has 0 aliphatic heterocycles. The number of hydrogen-bond donors (Lipinski definition) is 0. The Labute approximate surface area is 51.4 Å². The fraction of sp³-hybridized carbons (Fsp3) is 0.571. The van der Waals surface area contributed by atoms with Gasteiger partial charge in [-0.15, -0.1) is 6.58 Å². The molecule has 47 valence electrons. The summed E-state index contributed by atoms with van der Waals surface area (Å²) in [5.41, 5.74) is 0. The highest BCUT2D eigenvalue weighted by Crippen LogP contribution is 1.95. The quantitative estimate of drug-likeness (QED) is 0.507. The first kappa shape index (κ1) is 7.70. The van der Waals surface area contributed by atoms with Crippen molar-refractivity contribution in [1.29, 1.82) is 0 Å². The van der Waals surface area contributed by atoms with Gasteiger partial charge in [0.25, 0.3) is 0 Å². The predicted molar refractivity (Wildman–Crippen MR) is 35.3 cm³/mol. The van der Waals surface area contributed by atoms with Crippen molar-refractivity contribution in [1.82, 2.24) is 0 Å². The fourth-order valence-electron chi connectivity index (χ4n) is 0.304. The largest absolute Gasteiger partial charge is 0.369 e. The lowest BCUT2D eigenvalue weighted by atomic mass is 10.4. The van der Waals surface area contributed by atoms with Crippen LogP contribution in [-0.4, -0.2) is 6.10 Å². The zero-order chi connectivity index (χ0) is 6.41. The van der Waals surface area contributed by atoms with Gasteiger partial charge in [-0.3, -0.25) is 0 Å². The van der Waals surface area contributed by atoms with Crippen LogP contribution in [0.2, 0.25) is 0 Å². The molecule has 0 aliphatic rings. The number of hydrogen-bond acceptors (Lipinski definition) is 1. The SMILES string of the molecule is C=CC(C)O[CH]CC. The molecule has 1 atom stereocenters. The third-order valence-corrected chi connectivity index (χ3v) is 0.809. The molecule has 0 aromatic rings. The van der Waals surface area contributed by atoms with Gasteiger partial charge in [0, 0.05) is 0 Å². The van der Waals surface area contributed by atoms with Crippen LogP contribution in [0.15, 0.2) is 12.7 Å². The van der Waals surface area contributed by atoms with Crippen LogP contribution in [0.3, 0.4) is 0 Å². The highest BCUT2D eigenvalue weighted by atomic mass is 16.5. The summed E-state index contributed by atoms with van der Waals surface area (Å²) in [5, 5.41) is 0. The van der Waals surface area contributed by atoms with E-state index >= 15 is 0 Å². The molecule has 0 N–H and O–H groups in total. The Morgan fingerprint density at radius 1 is 1.75 bits per heavy atom. The maximum Gasteiger partial charge on any atom is 0.0842 e. The van der Waals surface area contributed by atoms with Crippen molar-refractivity contribution in [3.05, 3.63) is 19.3 Å². The molecular formula is C7H13O. The molecule has 0 aromatic carbocycles. The third-order valence-electron chi connectivity index (χ3n) is 0.809. The predicted octanol–water partition coefficient (Wildman–Crippen LogP) is 2.15. The van der Waals surface area contributed by atoms with Crippen molar-refractivity contribution >= 4 is 0 Å². The van der Waals surface area contributed by atoms with Crippen molar-refractivity contribution in [2.75, 3.05) is 0 Å². The monoisotopic (exact) mass is 113 g/mol. The number of rotatable bonds is 4. The summed E-state index contributed by atoms with van der Waals surface area (Å²) in [4.78, 5) is 0. The van der Waals surface area contributed by atoms with E-state index < -0.39 is 0 Å². The molecule has 8 heavy (non-hydrogen) atoms. The molecule has 0 fully saturated rings. The van der Waals surface area contributed by atoms with Crippen LogP contribution in [0.1, 0.15) is 20.3 Å². The molecule has 1 nitrogen and oxygen atoms in total. The Balaban J connectivity index is 2.98. The van der Waals surface area contributed by atoms with Crippen LogP contribution >= 0.6 is 0 Å². The van der Waals surface area contributed by atoms with Gasteiger partial charge in [-0.1, -0.05) is 13.0 Å². The first-order valence-electron chi connectivity index (χ1n) is 2.91. The zero-order valence-corrected chi connectivity index (χ0v) is 5.55. The van der Waals surface area contributed by atoms with E-state index in [-0.39, 0.29) is 6.10 Å². The van der Waals surface area contributed by atoms with Gasteiger partial charge in [0.05, 0.1) is 12.7 Å². The molecule has 0 heterocycles. The van der Waals surface area contributed by atoms with Crippen molar-refractivity contribution in [2.24, 2.45) is 0 Å². The van der Waals surface area contributed by atoms with Gasteiger partial charge in [-0.25, -0.2) is 0 Å². The highest BCUT2D eigenvalue weighted by molar-refractivity contribution is 4.76. The van der Waals surface area contributed by atoms with Gasteiger partial charge < -0.3 is 4.74 Å². The van der Waals surface area contributed by atoms with Gasteiger partial charge in [-0.05, 0) is 13.3 Å². The van der Waals surface area contributed by atoms with E-state index in [0.717, 1.165) is 6.42 Å². The molecule has 0 rings (SSSR count). The second-order valence-electron chi connectivity index (χ2n) is 1.65. The fourth-order valence-corrected chi connectivity index (χ4v) is 0.304. The van der Waals surface area contributed by atoms with Crippen molar-refractivity contribution in [3.63, 3.8) is 0 Å². The van der Waals surface area contributed by atoms with Gasteiger partial charge in [-0.2, -0.15) is 0 Å². The summed E-state index contributed by atoms with van der Waals surface area (Å²) in [6.45, 7) is 9.35. The lowest BCUT2D eigenvalue weighted by Gasteiger charge is -2.03. The summed E-state index contributed by atoms with van der Waals surface area (Å²) >= 11 is 0. The summed E-state index contributed by atoms with van der Waals surface area (Å²) in [6, 6.07) is 0. The minimum Gasteiger partial charge on any atom is -0.369 e. The molecule has 0 amide bonds. The first-order valence-corrected chi connectivity index (χ1v) is 2.91. The van der Waals surface area contributed by atoms with Gasteiger partial charge in [0.2, 0.25) is 0 Å². The normalized spacial score (nSPS) is 13.2. The molecule has 0 saturated carbocycles. The molecule has 1 radical (unpaired) electrons. The van der Waals surface area contributed by atoms with Gasteiger partial charge in [0.1, 0.15) is 0 Å². The van der Waals surface area contributed by atoms with Crippen LogP contribution in [-0.2, 0) is 4.74 Å². The lowest BCUT2D eigenvalue weighted by Crippen LogP contribution is -1.99. The van der Waals surface area contributed by atoms with Crippen LogP contribution in [0.25, 0.3) is 0 Å². The minimum absolute atomic E-state index is 0.162. The van der Waals surface area contributed by atoms with E-state index in [1.165, 1.54) is 0 Å². The second kappa shape index (κ2) is 4.85. The Hall–Kier alpha value is -0.300. The van der Waals surface area contributed by atoms with Crippen LogP contribution < -0.4 is 0 Å². The molecule has 1 heteroatoms. The standard InChI is InChI=1S/C7H13O/c1-4-6-8-7(3)5-2/h5-7H,2,4H2,1,3H3. The Kier molecular flexibility index (Phi) is 4.67. The van der Waals surface area contributed by atoms with Crippen LogP contribution in [0.5, 0.6) is 0 Å². The Morgan fingerprint density at radius 2 is 2.38 bits per heavy atom. The van der Waals surface area contributed by atoms with Gasteiger partial charge in [0.15, 0.2) is 0 Å². The maximum absolute atomic E-state index is 5.10. The summed E-state index contributed by atoms with van der Waals surface area (Å²) in [6.07, 6.45) is 2.89. The Morgan fingerprint density at radius 3 is 2.75 bits per heavy atom. The van der Waals surface area contributed by atoms with Crippen LogP contribution in [0, 0.1) is 6.61 Å². The van der Waals surface area contributed by atoms with E-state index in [0.29, 0.717) is 0 Å². The Bertz CT molecular complexity index is 59.4. The van der Waals surface area contributed by atoms with E-state index in [9.17, 15) is 0 Å². The molecule has 0 spiro atoms. The third kappa shape index (κ3) is 3.88. The van der Waals surface area contributed by atoms with Gasteiger partial charge >= 0.3 is 0 Å². The summed E-state index contributed by atoms with van der Waals surface area (Å²) in [5.74, 6) is 0. The molecular weight excluding hydrogens is 100 g/mol. The van der Waals surface area contributed by atoms with Crippen LogP contribution in [0.4, 0.5) is 0 Å². The lowest BCUT2D eigenvalue weighted by molar-refractivity contribution is 0.154. The van der Waals surface area contributed by atoms with E-state index in [4.69, 9.17) is 4.74 Å². The average Bonchev–Trinajstić information content (AvgIpc) is 1.83. The second-order valence-corrected chi connectivity index (χ2v) is 1.65. The van der Waals surface area contributed by atoms with E-state index in [1.54, 1.807) is 12.7 Å². The van der Waals surface area contributed by atoms with E-state index in [2.05, 4.69) is 6.58 Å². The topological polar surface area (TPSA) is 9.23 Å². The first-order chi connectivity index (χ1) is 3.81. The molecule has 0 aromatic heterocycles. The molecule has 0 bridgehead atoms. The zero-order valence-electron chi connectivity index (χ0n) is 5.55. The summed E-state index contributed by atoms with van der Waals surface area (Å²) in [7, 11) is 0. The minimum atomic E-state index is 0.162. The molecule has 0 aliphatic carbocycles. The van der Waals surface area contributed by atoms with Crippen molar-refractivity contribution < 1.29 is 4.74 Å². The van der Waals surface area contributed by atoms with Crippen molar-refractivity contribution in [3.8, 4) is 0 Å². The highest BCUT2D eigenvalue weighted by Gasteiger charge is 1.91. The average molecular weight is 113 g/mol. The number of ether oxygens (including phenoxy) is 1. The molecule has 1 unspecified atom stereocenters.